The van der Waals surface area contributed by atoms with Crippen LogP contribution in [0.3, 0.4) is 0 Å². The van der Waals surface area contributed by atoms with Crippen LogP contribution in [0.5, 0.6) is 0 Å². The lowest BCUT2D eigenvalue weighted by Crippen LogP contribution is -2.49. The zero-order valence-corrected chi connectivity index (χ0v) is 17.0. The maximum Gasteiger partial charge on any atom is 0.312 e. The number of rotatable bonds is 2. The van der Waals surface area contributed by atoms with Gasteiger partial charge in [0, 0.05) is 12.6 Å². The number of nitrogens with zero attached hydrogens (tertiary/aromatic N) is 4. The maximum atomic E-state index is 12.7. The van der Waals surface area contributed by atoms with E-state index in [1.807, 2.05) is 44.3 Å². The summed E-state index contributed by atoms with van der Waals surface area (Å²) in [4.78, 5) is 19.4. The first-order valence-corrected chi connectivity index (χ1v) is 9.38. The molecule has 0 aromatic carbocycles. The molecule has 3 heterocycles. The molecule has 7 heteroatoms. The molecule has 0 N–H and O–H groups in total. The molecule has 0 amide bonds. The van der Waals surface area contributed by atoms with Crippen LogP contribution in [0.4, 0.5) is 5.82 Å². The number of fused-ring (bicyclic) bond motifs is 1. The largest absolute Gasteiger partial charge is 0.460 e. The van der Waals surface area contributed by atoms with Crippen molar-refractivity contribution in [3.05, 3.63) is 23.1 Å². The van der Waals surface area contributed by atoms with Crippen molar-refractivity contribution in [3.8, 4) is 0 Å². The first-order chi connectivity index (χ1) is 11.6. The second-order valence-corrected chi connectivity index (χ2v) is 8.91. The Morgan fingerprint density at radius 3 is 2.76 bits per heavy atom. The summed E-state index contributed by atoms with van der Waals surface area (Å²) in [5.41, 5.74) is 0.0362. The number of piperidine rings is 1. The molecule has 2 atom stereocenters. The SMILES string of the molecule is C[C@H]1C[C@@](C)(C(=O)OC(C)(C)C)CCN1c1ncnn2c(Br)ccc12. The van der Waals surface area contributed by atoms with Crippen molar-refractivity contribution in [1.82, 2.24) is 14.6 Å². The van der Waals surface area contributed by atoms with Crippen molar-refractivity contribution in [2.24, 2.45) is 5.41 Å². The van der Waals surface area contributed by atoms with Crippen molar-refractivity contribution >= 4 is 33.2 Å². The monoisotopic (exact) mass is 408 g/mol. The Hall–Kier alpha value is -1.63. The van der Waals surface area contributed by atoms with Crippen LogP contribution in [0.2, 0.25) is 0 Å². The average molecular weight is 409 g/mol. The van der Waals surface area contributed by atoms with Gasteiger partial charge in [-0.25, -0.2) is 9.50 Å². The quantitative estimate of drug-likeness (QED) is 0.706. The molecular formula is C18H25BrN4O2. The van der Waals surface area contributed by atoms with Crippen molar-refractivity contribution in [3.63, 3.8) is 0 Å². The van der Waals surface area contributed by atoms with Crippen molar-refractivity contribution in [2.45, 2.75) is 59.1 Å². The Morgan fingerprint density at radius 1 is 1.40 bits per heavy atom. The fraction of sp³-hybridized carbons (Fsp3) is 0.611. The normalized spacial score (nSPS) is 24.6. The number of hydrogen-bond donors (Lipinski definition) is 0. The lowest BCUT2D eigenvalue weighted by Gasteiger charge is -2.43. The summed E-state index contributed by atoms with van der Waals surface area (Å²) in [6.07, 6.45) is 3.05. The van der Waals surface area contributed by atoms with Gasteiger partial charge in [0.15, 0.2) is 5.82 Å². The summed E-state index contributed by atoms with van der Waals surface area (Å²) in [5.74, 6) is 0.796. The standard InChI is InChI=1S/C18H25BrN4O2/c1-12-10-18(5,16(24)25-17(2,3)4)8-9-22(12)15-13-6-7-14(19)23(13)21-11-20-15/h6-7,11-12H,8-10H2,1-5H3/t12-,18-/m0/s1. The van der Waals surface area contributed by atoms with E-state index >= 15 is 0 Å². The number of hydrogen-bond acceptors (Lipinski definition) is 5. The van der Waals surface area contributed by atoms with Crippen molar-refractivity contribution < 1.29 is 9.53 Å². The average Bonchev–Trinajstić information content (AvgIpc) is 2.88. The van der Waals surface area contributed by atoms with Crippen LogP contribution in [0, 0.1) is 5.41 Å². The van der Waals surface area contributed by atoms with Gasteiger partial charge in [-0.2, -0.15) is 5.10 Å². The zero-order chi connectivity index (χ0) is 18.4. The van der Waals surface area contributed by atoms with E-state index in [2.05, 4.69) is 37.8 Å². The van der Waals surface area contributed by atoms with Crippen molar-refractivity contribution in [2.75, 3.05) is 11.4 Å². The third-order valence-corrected chi connectivity index (χ3v) is 5.33. The molecular weight excluding hydrogens is 384 g/mol. The number of esters is 1. The predicted molar refractivity (Wildman–Crippen MR) is 101 cm³/mol. The van der Waals surface area contributed by atoms with E-state index < -0.39 is 11.0 Å². The number of halogens is 1. The number of carbonyl (C=O) groups excluding carboxylic acids is 1. The summed E-state index contributed by atoms with van der Waals surface area (Å²) in [6, 6.07) is 4.15. The zero-order valence-electron chi connectivity index (χ0n) is 15.4. The Bertz CT molecular complexity index is 798. The third kappa shape index (κ3) is 3.52. The Kier molecular flexibility index (Phi) is 4.56. The fourth-order valence-corrected chi connectivity index (χ4v) is 3.88. The lowest BCUT2D eigenvalue weighted by molar-refractivity contribution is -0.168. The van der Waals surface area contributed by atoms with Gasteiger partial charge < -0.3 is 9.64 Å². The summed E-state index contributed by atoms with van der Waals surface area (Å²) in [7, 11) is 0. The van der Waals surface area contributed by atoms with E-state index in [-0.39, 0.29) is 12.0 Å². The molecule has 0 radical (unpaired) electrons. The minimum absolute atomic E-state index is 0.107. The first kappa shape index (κ1) is 18.2. The number of anilines is 1. The smallest absolute Gasteiger partial charge is 0.312 e. The lowest BCUT2D eigenvalue weighted by atomic mass is 9.77. The van der Waals surface area contributed by atoms with Gasteiger partial charge in [-0.15, -0.1) is 0 Å². The van der Waals surface area contributed by atoms with E-state index in [1.54, 1.807) is 6.33 Å². The van der Waals surface area contributed by atoms with E-state index in [4.69, 9.17) is 4.74 Å². The topological polar surface area (TPSA) is 59.7 Å². The molecule has 0 spiro atoms. The Labute approximate surface area is 156 Å². The summed E-state index contributed by atoms with van der Waals surface area (Å²) < 4.78 is 8.38. The Morgan fingerprint density at radius 2 is 2.12 bits per heavy atom. The summed E-state index contributed by atoms with van der Waals surface area (Å²) >= 11 is 3.50. The van der Waals surface area contributed by atoms with E-state index in [9.17, 15) is 4.79 Å². The molecule has 136 valence electrons. The van der Waals surface area contributed by atoms with Gasteiger partial charge in [-0.3, -0.25) is 4.79 Å². The number of aromatic nitrogens is 3. The van der Waals surface area contributed by atoms with Crippen LogP contribution in [-0.4, -0.2) is 38.8 Å². The molecule has 2 aromatic rings. The number of ether oxygens (including phenoxy) is 1. The molecule has 1 saturated heterocycles. The summed E-state index contributed by atoms with van der Waals surface area (Å²) in [5, 5.41) is 4.28. The van der Waals surface area contributed by atoms with Crippen LogP contribution in [0.25, 0.3) is 5.52 Å². The molecule has 1 fully saturated rings. The highest BCUT2D eigenvalue weighted by atomic mass is 79.9. The molecule has 2 aromatic heterocycles. The highest BCUT2D eigenvalue weighted by molar-refractivity contribution is 9.10. The fourth-order valence-electron chi connectivity index (χ4n) is 3.46. The van der Waals surface area contributed by atoms with Gasteiger partial charge in [-0.1, -0.05) is 0 Å². The van der Waals surface area contributed by atoms with Crippen LogP contribution in [0.1, 0.15) is 47.5 Å². The van der Waals surface area contributed by atoms with Gasteiger partial charge in [0.25, 0.3) is 0 Å². The minimum atomic E-state index is -0.463. The maximum absolute atomic E-state index is 12.7. The van der Waals surface area contributed by atoms with Gasteiger partial charge in [0.1, 0.15) is 22.0 Å². The number of carbonyl (C=O) groups is 1. The molecule has 0 bridgehead atoms. The van der Waals surface area contributed by atoms with Gasteiger partial charge in [-0.05, 0) is 75.5 Å². The van der Waals surface area contributed by atoms with E-state index in [0.717, 1.165) is 35.3 Å². The van der Waals surface area contributed by atoms with E-state index in [0.29, 0.717) is 0 Å². The molecule has 6 nitrogen and oxygen atoms in total. The van der Waals surface area contributed by atoms with Crippen LogP contribution >= 0.6 is 15.9 Å². The van der Waals surface area contributed by atoms with Crippen LogP contribution in [-0.2, 0) is 9.53 Å². The third-order valence-electron chi connectivity index (χ3n) is 4.73. The van der Waals surface area contributed by atoms with Gasteiger partial charge >= 0.3 is 5.97 Å². The molecule has 0 unspecified atom stereocenters. The van der Waals surface area contributed by atoms with Gasteiger partial charge in [0.05, 0.1) is 5.41 Å². The molecule has 0 aliphatic carbocycles. The second-order valence-electron chi connectivity index (χ2n) is 8.10. The van der Waals surface area contributed by atoms with Crippen molar-refractivity contribution in [1.29, 1.82) is 0 Å². The molecule has 1 aliphatic rings. The molecule has 1 aliphatic heterocycles. The highest BCUT2D eigenvalue weighted by Crippen LogP contribution is 2.39. The molecule has 25 heavy (non-hydrogen) atoms. The first-order valence-electron chi connectivity index (χ1n) is 8.59. The molecule has 0 saturated carbocycles. The second kappa shape index (κ2) is 6.27. The van der Waals surface area contributed by atoms with Gasteiger partial charge in [0.2, 0.25) is 0 Å². The Balaban J connectivity index is 1.83. The highest BCUT2D eigenvalue weighted by Gasteiger charge is 2.43. The van der Waals surface area contributed by atoms with Crippen LogP contribution < -0.4 is 4.90 Å². The minimum Gasteiger partial charge on any atom is -0.460 e. The van der Waals surface area contributed by atoms with Crippen LogP contribution in [0.15, 0.2) is 23.1 Å². The summed E-state index contributed by atoms with van der Waals surface area (Å²) in [6.45, 7) is 10.6. The van der Waals surface area contributed by atoms with E-state index in [1.165, 1.54) is 0 Å². The predicted octanol–water partition coefficient (Wildman–Crippen LogP) is 3.83. The molecule has 3 rings (SSSR count).